The van der Waals surface area contributed by atoms with E-state index in [1.807, 2.05) is 0 Å². The van der Waals surface area contributed by atoms with Crippen LogP contribution in [0, 0.1) is 19.8 Å². The van der Waals surface area contributed by atoms with Gasteiger partial charge in [0.2, 0.25) is 5.91 Å². The highest BCUT2D eigenvalue weighted by Crippen LogP contribution is 2.50. The molecular formula is C14H15N3O2S. The standard InChI is InChI=1S/C14H15N3O2S/c1-7-3-4-20-12(7)9-6-10(9)13(18)16-11-5-8(2)15-14(19)17-11/h3-5,9-10H,6H2,1-2H3,(H2,15,16,17,18,19)/t9-,10+/m0/s1. The highest BCUT2D eigenvalue weighted by Gasteiger charge is 2.45. The summed E-state index contributed by atoms with van der Waals surface area (Å²) < 4.78 is 0. The lowest BCUT2D eigenvalue weighted by Gasteiger charge is -2.04. The van der Waals surface area contributed by atoms with E-state index in [0.29, 0.717) is 17.4 Å². The van der Waals surface area contributed by atoms with Gasteiger partial charge in [-0.3, -0.25) is 4.79 Å². The van der Waals surface area contributed by atoms with Crippen LogP contribution in [0.3, 0.4) is 0 Å². The highest BCUT2D eigenvalue weighted by molar-refractivity contribution is 7.10. The molecule has 2 atom stereocenters. The lowest BCUT2D eigenvalue weighted by Crippen LogP contribution is -2.20. The van der Waals surface area contributed by atoms with Crippen molar-refractivity contribution < 1.29 is 4.79 Å². The SMILES string of the molecule is Cc1cc(NC(=O)[C@@H]2C[C@@H]2c2sccc2C)nc(=O)[nH]1. The molecule has 5 nitrogen and oxygen atoms in total. The Labute approximate surface area is 120 Å². The van der Waals surface area contributed by atoms with Crippen LogP contribution in [0.4, 0.5) is 5.82 Å². The summed E-state index contributed by atoms with van der Waals surface area (Å²) in [6, 6.07) is 3.74. The van der Waals surface area contributed by atoms with Crippen LogP contribution < -0.4 is 11.0 Å². The van der Waals surface area contributed by atoms with Gasteiger partial charge in [0.1, 0.15) is 5.82 Å². The molecule has 1 saturated carbocycles. The minimum absolute atomic E-state index is 0.00579. The van der Waals surface area contributed by atoms with Crippen molar-refractivity contribution in [3.63, 3.8) is 0 Å². The Morgan fingerprint density at radius 2 is 2.30 bits per heavy atom. The largest absolute Gasteiger partial charge is 0.347 e. The predicted molar refractivity (Wildman–Crippen MR) is 78.1 cm³/mol. The van der Waals surface area contributed by atoms with E-state index in [4.69, 9.17) is 0 Å². The molecule has 1 amide bonds. The van der Waals surface area contributed by atoms with Crippen LogP contribution in [0.5, 0.6) is 0 Å². The van der Waals surface area contributed by atoms with E-state index in [9.17, 15) is 9.59 Å². The van der Waals surface area contributed by atoms with Gasteiger partial charge in [-0.05, 0) is 37.3 Å². The van der Waals surface area contributed by atoms with E-state index < -0.39 is 5.69 Å². The average Bonchev–Trinajstić information content (AvgIpc) is 3.04. The van der Waals surface area contributed by atoms with E-state index in [-0.39, 0.29) is 11.8 Å². The van der Waals surface area contributed by atoms with Gasteiger partial charge in [0.05, 0.1) is 0 Å². The first-order valence-electron chi connectivity index (χ1n) is 6.47. The number of nitrogens with zero attached hydrogens (tertiary/aromatic N) is 1. The minimum atomic E-state index is -0.443. The molecule has 1 fully saturated rings. The molecule has 2 aromatic heterocycles. The smallest absolute Gasteiger partial charge is 0.310 e. The van der Waals surface area contributed by atoms with Crippen LogP contribution in [-0.4, -0.2) is 15.9 Å². The van der Waals surface area contributed by atoms with Gasteiger partial charge < -0.3 is 10.3 Å². The van der Waals surface area contributed by atoms with Crippen molar-refractivity contribution in [3.05, 3.63) is 44.1 Å². The topological polar surface area (TPSA) is 74.8 Å². The van der Waals surface area contributed by atoms with E-state index in [0.717, 1.165) is 6.42 Å². The van der Waals surface area contributed by atoms with Crippen molar-refractivity contribution in [2.24, 2.45) is 5.92 Å². The van der Waals surface area contributed by atoms with E-state index in [1.54, 1.807) is 24.3 Å². The van der Waals surface area contributed by atoms with Crippen molar-refractivity contribution in [1.29, 1.82) is 0 Å². The normalized spacial score (nSPS) is 20.7. The summed E-state index contributed by atoms with van der Waals surface area (Å²) in [4.78, 5) is 31.0. The Bertz CT molecular complexity index is 719. The number of aromatic nitrogens is 2. The molecule has 0 spiro atoms. The van der Waals surface area contributed by atoms with Crippen LogP contribution in [0.25, 0.3) is 0 Å². The van der Waals surface area contributed by atoms with Gasteiger partial charge in [-0.2, -0.15) is 4.98 Å². The Kier molecular flexibility index (Phi) is 3.17. The summed E-state index contributed by atoms with van der Waals surface area (Å²) in [5.41, 5.74) is 1.49. The molecule has 3 rings (SSSR count). The van der Waals surface area contributed by atoms with Gasteiger partial charge in [0, 0.05) is 28.5 Å². The molecule has 2 aromatic rings. The maximum Gasteiger partial charge on any atom is 0.347 e. The van der Waals surface area contributed by atoms with Crippen molar-refractivity contribution in [2.75, 3.05) is 5.32 Å². The zero-order chi connectivity index (χ0) is 14.3. The molecule has 1 aliphatic carbocycles. The molecule has 0 bridgehead atoms. The maximum absolute atomic E-state index is 12.2. The number of hydrogen-bond donors (Lipinski definition) is 2. The number of H-pyrrole nitrogens is 1. The second kappa shape index (κ2) is 4.86. The van der Waals surface area contributed by atoms with Crippen molar-refractivity contribution in [3.8, 4) is 0 Å². The van der Waals surface area contributed by atoms with E-state index >= 15 is 0 Å². The van der Waals surface area contributed by atoms with Crippen LogP contribution >= 0.6 is 11.3 Å². The first-order valence-corrected chi connectivity index (χ1v) is 7.35. The summed E-state index contributed by atoms with van der Waals surface area (Å²) in [5, 5.41) is 4.79. The molecule has 0 aromatic carbocycles. The molecule has 104 valence electrons. The third-order valence-electron chi connectivity index (χ3n) is 3.50. The number of thiophene rings is 1. The van der Waals surface area contributed by atoms with Crippen molar-refractivity contribution >= 4 is 23.1 Å². The van der Waals surface area contributed by atoms with Gasteiger partial charge in [-0.15, -0.1) is 11.3 Å². The number of anilines is 1. The van der Waals surface area contributed by atoms with Crippen LogP contribution in [0.2, 0.25) is 0 Å². The Morgan fingerprint density at radius 3 is 2.95 bits per heavy atom. The van der Waals surface area contributed by atoms with Crippen LogP contribution in [-0.2, 0) is 4.79 Å². The number of hydrogen-bond acceptors (Lipinski definition) is 4. The molecule has 0 unspecified atom stereocenters. The van der Waals surface area contributed by atoms with Gasteiger partial charge in [-0.1, -0.05) is 0 Å². The summed E-state index contributed by atoms with van der Waals surface area (Å²) in [6.07, 6.45) is 0.870. The number of carbonyl (C=O) groups is 1. The summed E-state index contributed by atoms with van der Waals surface area (Å²) in [5.74, 6) is 0.580. The number of rotatable bonds is 3. The first-order chi connectivity index (χ1) is 9.54. The number of nitrogens with one attached hydrogen (secondary N) is 2. The lowest BCUT2D eigenvalue weighted by molar-refractivity contribution is -0.117. The second-order valence-corrected chi connectivity index (χ2v) is 6.11. The highest BCUT2D eigenvalue weighted by atomic mass is 32.1. The predicted octanol–water partition coefficient (Wildman–Crippen LogP) is 2.19. The minimum Gasteiger partial charge on any atom is -0.310 e. The Hall–Kier alpha value is -1.95. The fourth-order valence-electron chi connectivity index (χ4n) is 2.40. The van der Waals surface area contributed by atoms with Gasteiger partial charge in [0.15, 0.2) is 0 Å². The number of aromatic amines is 1. The second-order valence-electron chi connectivity index (χ2n) is 5.16. The average molecular weight is 289 g/mol. The van der Waals surface area contributed by atoms with Gasteiger partial charge >= 0.3 is 5.69 Å². The number of aryl methyl sites for hydroxylation is 2. The van der Waals surface area contributed by atoms with E-state index in [1.165, 1.54) is 10.4 Å². The molecule has 2 heterocycles. The first kappa shape index (κ1) is 13.1. The van der Waals surface area contributed by atoms with E-state index in [2.05, 4.69) is 33.7 Å². The number of amides is 1. The molecule has 0 radical (unpaired) electrons. The van der Waals surface area contributed by atoms with Gasteiger partial charge in [0.25, 0.3) is 0 Å². The maximum atomic E-state index is 12.2. The lowest BCUT2D eigenvalue weighted by atomic mass is 10.2. The monoisotopic (exact) mass is 289 g/mol. The molecule has 2 N–H and O–H groups in total. The molecular weight excluding hydrogens is 274 g/mol. The zero-order valence-electron chi connectivity index (χ0n) is 11.3. The fraction of sp³-hybridized carbons (Fsp3) is 0.357. The molecule has 0 saturated heterocycles. The van der Waals surface area contributed by atoms with Crippen molar-refractivity contribution in [1.82, 2.24) is 9.97 Å². The molecule has 6 heteroatoms. The number of carbonyl (C=O) groups excluding carboxylic acids is 1. The quantitative estimate of drug-likeness (QED) is 0.909. The zero-order valence-corrected chi connectivity index (χ0v) is 12.1. The Balaban J connectivity index is 1.70. The molecule has 20 heavy (non-hydrogen) atoms. The summed E-state index contributed by atoms with van der Waals surface area (Å²) in [7, 11) is 0. The summed E-state index contributed by atoms with van der Waals surface area (Å²) >= 11 is 1.70. The third-order valence-corrected chi connectivity index (χ3v) is 4.65. The third kappa shape index (κ3) is 2.51. The Morgan fingerprint density at radius 1 is 1.50 bits per heavy atom. The van der Waals surface area contributed by atoms with Crippen molar-refractivity contribution in [2.45, 2.75) is 26.2 Å². The van der Waals surface area contributed by atoms with Crippen LogP contribution in [0.1, 0.15) is 28.5 Å². The molecule has 0 aliphatic heterocycles. The fourth-order valence-corrected chi connectivity index (χ4v) is 3.51. The summed E-state index contributed by atoms with van der Waals surface area (Å²) in [6.45, 7) is 3.83. The van der Waals surface area contributed by atoms with Gasteiger partial charge in [-0.25, -0.2) is 4.79 Å². The van der Waals surface area contributed by atoms with Crippen LogP contribution in [0.15, 0.2) is 22.3 Å². The molecule has 1 aliphatic rings.